The van der Waals surface area contributed by atoms with E-state index in [2.05, 4.69) is 22.0 Å². The fourth-order valence-electron chi connectivity index (χ4n) is 4.47. The van der Waals surface area contributed by atoms with Gasteiger partial charge >= 0.3 is 0 Å². The molecular weight excluding hydrogens is 494 g/mol. The SMILES string of the molecule is Cn1c(COc2ccc(CC3CNCS3)cc2)nc2ccc(Oc3ccc(Oc4ccccc4)cc3)cc21. The van der Waals surface area contributed by atoms with E-state index in [9.17, 15) is 0 Å². The van der Waals surface area contributed by atoms with E-state index in [0.717, 1.165) is 64.4 Å². The van der Waals surface area contributed by atoms with Crippen LogP contribution in [-0.2, 0) is 20.1 Å². The predicted octanol–water partition coefficient (Wildman–Crippen LogP) is 6.94. The van der Waals surface area contributed by atoms with Gasteiger partial charge in [0.1, 0.15) is 41.2 Å². The molecular formula is C31H29N3O3S. The lowest BCUT2D eigenvalue weighted by molar-refractivity contribution is 0.292. The average molecular weight is 524 g/mol. The van der Waals surface area contributed by atoms with Crippen LogP contribution in [0.2, 0.25) is 0 Å². The molecule has 6 rings (SSSR count). The highest BCUT2D eigenvalue weighted by atomic mass is 32.2. The van der Waals surface area contributed by atoms with Crippen molar-refractivity contribution in [3.8, 4) is 28.7 Å². The van der Waals surface area contributed by atoms with Gasteiger partial charge in [0.05, 0.1) is 11.0 Å². The van der Waals surface area contributed by atoms with Gasteiger partial charge in [0.25, 0.3) is 0 Å². The highest BCUT2D eigenvalue weighted by Gasteiger charge is 2.15. The van der Waals surface area contributed by atoms with Gasteiger partial charge in [-0.1, -0.05) is 30.3 Å². The molecule has 1 atom stereocenters. The van der Waals surface area contributed by atoms with Crippen molar-refractivity contribution in [2.24, 2.45) is 7.05 Å². The molecule has 38 heavy (non-hydrogen) atoms. The molecule has 7 heteroatoms. The summed E-state index contributed by atoms with van der Waals surface area (Å²) in [6.07, 6.45) is 1.08. The zero-order chi connectivity index (χ0) is 25.7. The van der Waals surface area contributed by atoms with Gasteiger partial charge in [-0.25, -0.2) is 4.98 Å². The Bertz CT molecular complexity index is 1500. The summed E-state index contributed by atoms with van der Waals surface area (Å²) >= 11 is 1.99. The first-order valence-corrected chi connectivity index (χ1v) is 13.7. The first-order valence-electron chi connectivity index (χ1n) is 12.7. The van der Waals surface area contributed by atoms with Crippen molar-refractivity contribution in [2.45, 2.75) is 18.3 Å². The molecule has 0 saturated carbocycles. The standard InChI is InChI=1S/C31H29N3O3S/c1-34-30-18-27(37-26-13-11-25(12-14-26)36-24-5-3-2-4-6-24)15-16-29(30)33-31(34)20-35-23-9-7-22(8-10-23)17-28-19-32-21-38-28/h2-16,18,28,32H,17,19-21H2,1H3. The lowest BCUT2D eigenvalue weighted by Gasteiger charge is -2.10. The number of imidazole rings is 1. The fraction of sp³-hybridized carbons (Fsp3) is 0.194. The third-order valence-corrected chi connectivity index (χ3v) is 7.71. The van der Waals surface area contributed by atoms with E-state index in [1.54, 1.807) is 0 Å². The van der Waals surface area contributed by atoms with Gasteiger partial charge in [-0.2, -0.15) is 0 Å². The number of hydrogen-bond acceptors (Lipinski definition) is 6. The Morgan fingerprint density at radius 1 is 0.816 bits per heavy atom. The molecule has 0 bridgehead atoms. The molecule has 1 N–H and O–H groups in total. The molecule has 0 aliphatic carbocycles. The molecule has 0 spiro atoms. The minimum atomic E-state index is 0.395. The van der Waals surface area contributed by atoms with E-state index in [1.807, 2.05) is 104 Å². The molecule has 5 aromatic rings. The molecule has 1 fully saturated rings. The van der Waals surface area contributed by atoms with Crippen molar-refractivity contribution < 1.29 is 14.2 Å². The number of nitrogens with zero attached hydrogens (tertiary/aromatic N) is 2. The fourth-order valence-corrected chi connectivity index (χ4v) is 5.49. The molecule has 4 aromatic carbocycles. The van der Waals surface area contributed by atoms with Crippen molar-refractivity contribution in [1.82, 2.24) is 14.9 Å². The molecule has 1 aliphatic rings. The highest BCUT2D eigenvalue weighted by Crippen LogP contribution is 2.29. The number of aryl methyl sites for hydroxylation is 1. The maximum absolute atomic E-state index is 6.11. The molecule has 6 nitrogen and oxygen atoms in total. The summed E-state index contributed by atoms with van der Waals surface area (Å²) in [6, 6.07) is 31.7. The third-order valence-electron chi connectivity index (χ3n) is 6.53. The Hall–Kier alpha value is -3.94. The molecule has 1 aliphatic heterocycles. The normalized spacial score (nSPS) is 15.0. The van der Waals surface area contributed by atoms with E-state index in [-0.39, 0.29) is 0 Å². The Labute approximate surface area is 226 Å². The van der Waals surface area contributed by atoms with Gasteiger partial charge in [0.15, 0.2) is 0 Å². The van der Waals surface area contributed by atoms with Crippen LogP contribution in [0.4, 0.5) is 0 Å². The summed E-state index contributed by atoms with van der Waals surface area (Å²) in [6.45, 7) is 1.48. The summed E-state index contributed by atoms with van der Waals surface area (Å²) in [4.78, 5) is 4.77. The topological polar surface area (TPSA) is 57.5 Å². The number of benzene rings is 4. The average Bonchev–Trinajstić information content (AvgIpc) is 3.57. The number of ether oxygens (including phenoxy) is 3. The molecule has 1 unspecified atom stereocenters. The van der Waals surface area contributed by atoms with Crippen LogP contribution in [0.5, 0.6) is 28.7 Å². The lowest BCUT2D eigenvalue weighted by atomic mass is 10.1. The molecule has 0 amide bonds. The van der Waals surface area contributed by atoms with Gasteiger partial charge in [-0.3, -0.25) is 0 Å². The van der Waals surface area contributed by atoms with Gasteiger partial charge in [-0.05, 0) is 72.6 Å². The summed E-state index contributed by atoms with van der Waals surface area (Å²) in [7, 11) is 2.00. The van der Waals surface area contributed by atoms with E-state index in [0.29, 0.717) is 11.9 Å². The number of nitrogens with one attached hydrogen (secondary N) is 1. The predicted molar refractivity (Wildman–Crippen MR) is 152 cm³/mol. The second-order valence-corrected chi connectivity index (χ2v) is 10.5. The first kappa shape index (κ1) is 24.4. The van der Waals surface area contributed by atoms with Gasteiger partial charge in [-0.15, -0.1) is 11.8 Å². The van der Waals surface area contributed by atoms with E-state index >= 15 is 0 Å². The van der Waals surface area contributed by atoms with Crippen molar-refractivity contribution >= 4 is 22.8 Å². The number of thioether (sulfide) groups is 1. The van der Waals surface area contributed by atoms with Crippen LogP contribution in [-0.4, -0.2) is 27.2 Å². The van der Waals surface area contributed by atoms with Gasteiger partial charge in [0.2, 0.25) is 0 Å². The van der Waals surface area contributed by atoms with Crippen LogP contribution < -0.4 is 19.5 Å². The third kappa shape index (κ3) is 5.79. The molecule has 2 heterocycles. The van der Waals surface area contributed by atoms with Gasteiger partial charge < -0.3 is 24.1 Å². The molecule has 1 aromatic heterocycles. The van der Waals surface area contributed by atoms with Crippen molar-refractivity contribution in [1.29, 1.82) is 0 Å². The number of hydrogen-bond donors (Lipinski definition) is 1. The summed E-state index contributed by atoms with van der Waals surface area (Å²) in [5, 5.41) is 4.06. The Kier molecular flexibility index (Phi) is 7.20. The number of aromatic nitrogens is 2. The van der Waals surface area contributed by atoms with Crippen LogP contribution in [0.25, 0.3) is 11.0 Å². The number of fused-ring (bicyclic) bond motifs is 1. The minimum Gasteiger partial charge on any atom is -0.486 e. The second-order valence-electron chi connectivity index (χ2n) is 9.25. The van der Waals surface area contributed by atoms with Crippen LogP contribution in [0, 0.1) is 0 Å². The number of para-hydroxylation sites is 1. The van der Waals surface area contributed by atoms with Crippen molar-refractivity contribution in [3.63, 3.8) is 0 Å². The molecule has 1 saturated heterocycles. The highest BCUT2D eigenvalue weighted by molar-refractivity contribution is 8.00. The Balaban J connectivity index is 1.08. The van der Waals surface area contributed by atoms with Crippen LogP contribution in [0.3, 0.4) is 0 Å². The first-order chi connectivity index (χ1) is 18.7. The van der Waals surface area contributed by atoms with Crippen LogP contribution in [0.1, 0.15) is 11.4 Å². The maximum atomic E-state index is 6.11. The summed E-state index contributed by atoms with van der Waals surface area (Å²) in [5.74, 6) is 5.80. The largest absolute Gasteiger partial charge is 0.486 e. The smallest absolute Gasteiger partial charge is 0.147 e. The Morgan fingerprint density at radius 2 is 1.47 bits per heavy atom. The second kappa shape index (κ2) is 11.2. The van der Waals surface area contributed by atoms with Crippen molar-refractivity contribution in [2.75, 3.05) is 12.4 Å². The molecule has 192 valence electrons. The Morgan fingerprint density at radius 3 is 2.18 bits per heavy atom. The van der Waals surface area contributed by atoms with Crippen molar-refractivity contribution in [3.05, 3.63) is 108 Å². The molecule has 0 radical (unpaired) electrons. The van der Waals surface area contributed by atoms with Crippen LogP contribution >= 0.6 is 11.8 Å². The zero-order valence-corrected chi connectivity index (χ0v) is 22.0. The lowest BCUT2D eigenvalue weighted by Crippen LogP contribution is -2.14. The monoisotopic (exact) mass is 523 g/mol. The van der Waals surface area contributed by atoms with E-state index in [4.69, 9.17) is 19.2 Å². The minimum absolute atomic E-state index is 0.395. The van der Waals surface area contributed by atoms with Gasteiger partial charge in [0, 0.05) is 30.8 Å². The van der Waals surface area contributed by atoms with Crippen LogP contribution in [0.15, 0.2) is 97.1 Å². The number of rotatable bonds is 9. The zero-order valence-electron chi connectivity index (χ0n) is 21.2. The quantitative estimate of drug-likeness (QED) is 0.226. The summed E-state index contributed by atoms with van der Waals surface area (Å²) in [5.41, 5.74) is 3.23. The maximum Gasteiger partial charge on any atom is 0.147 e. The van der Waals surface area contributed by atoms with E-state index in [1.165, 1.54) is 5.56 Å². The summed E-state index contributed by atoms with van der Waals surface area (Å²) < 4.78 is 20.1. The van der Waals surface area contributed by atoms with E-state index < -0.39 is 0 Å².